The predicted octanol–water partition coefficient (Wildman–Crippen LogP) is 2.13. The van der Waals surface area contributed by atoms with Crippen LogP contribution in [0.1, 0.15) is 12.0 Å². The number of hydrogen-bond acceptors (Lipinski definition) is 3. The summed E-state index contributed by atoms with van der Waals surface area (Å²) in [5.41, 5.74) is -0.336. The van der Waals surface area contributed by atoms with Gasteiger partial charge in [-0.1, -0.05) is 30.3 Å². The highest BCUT2D eigenvalue weighted by atomic mass is 35.5. The second kappa shape index (κ2) is 5.97. The molecule has 0 aliphatic carbocycles. The van der Waals surface area contributed by atoms with Crippen LogP contribution in [0.3, 0.4) is 0 Å². The van der Waals surface area contributed by atoms with Gasteiger partial charge in [0.05, 0.1) is 6.04 Å². The summed E-state index contributed by atoms with van der Waals surface area (Å²) in [6, 6.07) is 9.12. The molecule has 2 aliphatic rings. The molecule has 6 heteroatoms. The molecule has 1 N–H and O–H groups in total. The molecule has 0 saturated carbocycles. The van der Waals surface area contributed by atoms with E-state index in [2.05, 4.69) is 5.32 Å². The van der Waals surface area contributed by atoms with E-state index in [0.717, 1.165) is 5.56 Å². The largest absolute Gasteiger partial charge is 0.445 e. The number of carbonyl (C=O) groups excluding carboxylic acids is 1. The lowest BCUT2D eigenvalue weighted by Gasteiger charge is -2.24. The number of rotatable bonds is 2. The monoisotopic (exact) mass is 300 g/mol. The zero-order valence-electron chi connectivity index (χ0n) is 11.0. The van der Waals surface area contributed by atoms with E-state index in [1.54, 1.807) is 0 Å². The number of nitrogens with zero attached hydrogens (tertiary/aromatic N) is 1. The van der Waals surface area contributed by atoms with Gasteiger partial charge in [-0.05, 0) is 5.56 Å². The third-order valence-electron chi connectivity index (χ3n) is 3.94. The van der Waals surface area contributed by atoms with Crippen LogP contribution < -0.4 is 5.32 Å². The molecule has 20 heavy (non-hydrogen) atoms. The van der Waals surface area contributed by atoms with Crippen LogP contribution in [-0.4, -0.2) is 42.3 Å². The maximum absolute atomic E-state index is 14.4. The highest BCUT2D eigenvalue weighted by Gasteiger charge is 2.53. The van der Waals surface area contributed by atoms with Gasteiger partial charge in [-0.2, -0.15) is 0 Å². The van der Waals surface area contributed by atoms with Crippen molar-refractivity contribution >= 4 is 18.5 Å². The average Bonchev–Trinajstić information content (AvgIpc) is 2.94. The van der Waals surface area contributed by atoms with Crippen LogP contribution in [-0.2, 0) is 11.3 Å². The molecule has 2 saturated heterocycles. The van der Waals surface area contributed by atoms with Gasteiger partial charge in [-0.25, -0.2) is 9.18 Å². The van der Waals surface area contributed by atoms with Crippen molar-refractivity contribution in [3.05, 3.63) is 35.9 Å². The van der Waals surface area contributed by atoms with Gasteiger partial charge in [0.2, 0.25) is 0 Å². The lowest BCUT2D eigenvalue weighted by Crippen LogP contribution is -2.43. The van der Waals surface area contributed by atoms with E-state index < -0.39 is 11.8 Å². The Labute approximate surface area is 123 Å². The topological polar surface area (TPSA) is 41.6 Å². The number of likely N-dealkylation sites (tertiary alicyclic amines) is 1. The molecular formula is C14H18ClFN2O2. The van der Waals surface area contributed by atoms with E-state index >= 15 is 0 Å². The maximum atomic E-state index is 14.4. The molecule has 0 spiro atoms. The van der Waals surface area contributed by atoms with Gasteiger partial charge >= 0.3 is 6.09 Å². The number of hydrogen-bond donors (Lipinski definition) is 1. The Hall–Kier alpha value is -1.33. The molecule has 2 heterocycles. The van der Waals surface area contributed by atoms with Crippen LogP contribution in [0.4, 0.5) is 9.18 Å². The van der Waals surface area contributed by atoms with E-state index in [1.807, 2.05) is 30.3 Å². The normalized spacial score (nSPS) is 27.9. The highest BCUT2D eigenvalue weighted by Crippen LogP contribution is 2.35. The molecule has 3 rings (SSSR count). The van der Waals surface area contributed by atoms with Crippen molar-refractivity contribution in [3.63, 3.8) is 0 Å². The van der Waals surface area contributed by atoms with Crippen LogP contribution in [0.25, 0.3) is 0 Å². The van der Waals surface area contributed by atoms with Crippen LogP contribution in [0.2, 0.25) is 0 Å². The van der Waals surface area contributed by atoms with E-state index in [4.69, 9.17) is 4.74 Å². The quantitative estimate of drug-likeness (QED) is 0.910. The van der Waals surface area contributed by atoms with E-state index in [0.29, 0.717) is 26.1 Å². The molecule has 1 aromatic carbocycles. The number of nitrogens with one attached hydrogen (secondary N) is 1. The Balaban J connectivity index is 0.00000147. The number of halogens is 2. The van der Waals surface area contributed by atoms with Crippen molar-refractivity contribution in [2.75, 3.05) is 19.6 Å². The number of carbonyl (C=O) groups is 1. The van der Waals surface area contributed by atoms with Crippen LogP contribution >= 0.6 is 12.4 Å². The predicted molar refractivity (Wildman–Crippen MR) is 75.7 cm³/mol. The third-order valence-corrected chi connectivity index (χ3v) is 3.94. The molecule has 0 unspecified atom stereocenters. The van der Waals surface area contributed by atoms with Gasteiger partial charge in [0.25, 0.3) is 0 Å². The Morgan fingerprint density at radius 3 is 2.95 bits per heavy atom. The molecule has 110 valence electrons. The minimum absolute atomic E-state index is 0. The molecule has 1 aromatic rings. The summed E-state index contributed by atoms with van der Waals surface area (Å²) in [7, 11) is 0. The standard InChI is InChI=1S/C14H17FN2O2.ClH/c15-14-6-7-17(12(14)8-16-10-14)13(18)19-9-11-4-2-1-3-5-11;/h1-5,12,16H,6-10H2;1H/t12-,14-;/m0./s1. The number of ether oxygens (including phenoxy) is 1. The maximum Gasteiger partial charge on any atom is 0.410 e. The fraction of sp³-hybridized carbons (Fsp3) is 0.500. The number of benzene rings is 1. The Morgan fingerprint density at radius 1 is 1.45 bits per heavy atom. The van der Waals surface area contributed by atoms with Crippen molar-refractivity contribution in [1.29, 1.82) is 0 Å². The zero-order valence-corrected chi connectivity index (χ0v) is 11.9. The highest BCUT2D eigenvalue weighted by molar-refractivity contribution is 5.85. The fourth-order valence-electron chi connectivity index (χ4n) is 2.84. The average molecular weight is 301 g/mol. The minimum atomic E-state index is -1.27. The van der Waals surface area contributed by atoms with Crippen LogP contribution in [0.15, 0.2) is 30.3 Å². The van der Waals surface area contributed by atoms with Gasteiger partial charge in [-0.3, -0.25) is 0 Å². The summed E-state index contributed by atoms with van der Waals surface area (Å²) in [6.45, 7) is 1.52. The molecule has 0 aromatic heterocycles. The SMILES string of the molecule is Cl.O=C(OCc1ccccc1)N1CC[C@]2(F)CNC[C@H]12. The Morgan fingerprint density at radius 2 is 2.20 bits per heavy atom. The number of fused-ring (bicyclic) bond motifs is 1. The van der Waals surface area contributed by atoms with Gasteiger partial charge < -0.3 is 15.0 Å². The second-order valence-electron chi connectivity index (χ2n) is 5.16. The lowest BCUT2D eigenvalue weighted by molar-refractivity contribution is 0.0791. The van der Waals surface area contributed by atoms with Crippen molar-refractivity contribution in [2.45, 2.75) is 24.7 Å². The van der Waals surface area contributed by atoms with Gasteiger partial charge in [-0.15, -0.1) is 12.4 Å². The van der Waals surface area contributed by atoms with E-state index in [1.165, 1.54) is 4.90 Å². The fourth-order valence-corrected chi connectivity index (χ4v) is 2.84. The molecule has 0 bridgehead atoms. The van der Waals surface area contributed by atoms with Crippen LogP contribution in [0.5, 0.6) is 0 Å². The van der Waals surface area contributed by atoms with Crippen LogP contribution in [0, 0.1) is 0 Å². The van der Waals surface area contributed by atoms with E-state index in [-0.39, 0.29) is 25.1 Å². The van der Waals surface area contributed by atoms with Crippen molar-refractivity contribution < 1.29 is 13.9 Å². The van der Waals surface area contributed by atoms with Gasteiger partial charge in [0, 0.05) is 26.1 Å². The molecule has 2 atom stereocenters. The Bertz CT molecular complexity index is 474. The van der Waals surface area contributed by atoms with E-state index in [9.17, 15) is 9.18 Å². The van der Waals surface area contributed by atoms with Crippen molar-refractivity contribution in [2.24, 2.45) is 0 Å². The molecule has 4 nitrogen and oxygen atoms in total. The third kappa shape index (κ3) is 2.74. The van der Waals surface area contributed by atoms with Crippen molar-refractivity contribution in [1.82, 2.24) is 10.2 Å². The number of alkyl halides is 1. The lowest BCUT2D eigenvalue weighted by atomic mass is 10.0. The second-order valence-corrected chi connectivity index (χ2v) is 5.16. The summed E-state index contributed by atoms with van der Waals surface area (Å²) >= 11 is 0. The zero-order chi connectivity index (χ0) is 13.3. The molecule has 2 aliphatic heterocycles. The summed E-state index contributed by atoms with van der Waals surface area (Å²) in [5, 5.41) is 3.00. The number of amides is 1. The first-order valence-electron chi connectivity index (χ1n) is 6.56. The molecule has 2 fully saturated rings. The van der Waals surface area contributed by atoms with Gasteiger partial charge in [0.15, 0.2) is 0 Å². The minimum Gasteiger partial charge on any atom is -0.445 e. The summed E-state index contributed by atoms with van der Waals surface area (Å²) in [6.07, 6.45) is -0.0254. The molecular weight excluding hydrogens is 283 g/mol. The first kappa shape index (κ1) is 15.1. The smallest absolute Gasteiger partial charge is 0.410 e. The summed E-state index contributed by atoms with van der Waals surface area (Å²) in [4.78, 5) is 13.5. The Kier molecular flexibility index (Phi) is 4.50. The molecule has 1 amide bonds. The summed E-state index contributed by atoms with van der Waals surface area (Å²) < 4.78 is 19.6. The summed E-state index contributed by atoms with van der Waals surface area (Å²) in [5.74, 6) is 0. The van der Waals surface area contributed by atoms with Gasteiger partial charge in [0.1, 0.15) is 12.3 Å². The molecule has 0 radical (unpaired) electrons. The first-order valence-corrected chi connectivity index (χ1v) is 6.56. The van der Waals surface area contributed by atoms with Crippen molar-refractivity contribution in [3.8, 4) is 0 Å². The first-order chi connectivity index (χ1) is 9.19.